The van der Waals surface area contributed by atoms with Gasteiger partial charge in [0.05, 0.1) is 16.6 Å². The lowest BCUT2D eigenvalue weighted by Crippen LogP contribution is -2.41. The topological polar surface area (TPSA) is 102 Å². The van der Waals surface area contributed by atoms with Crippen LogP contribution in [0.2, 0.25) is 10.0 Å². The number of benzene rings is 1. The maximum Gasteiger partial charge on any atom is 0.258 e. The SMILES string of the molecule is NC(=O)C(O)CNC(=O)COc1ccc(Cl)c(Cl)c1. The van der Waals surface area contributed by atoms with E-state index in [1.807, 2.05) is 0 Å². The molecule has 0 aromatic heterocycles. The molecule has 1 rings (SSSR count). The van der Waals surface area contributed by atoms with Gasteiger partial charge in [0.25, 0.3) is 5.91 Å². The summed E-state index contributed by atoms with van der Waals surface area (Å²) in [6.07, 6.45) is -1.42. The predicted octanol–water partition coefficient (Wildman–Crippen LogP) is 0.335. The lowest BCUT2D eigenvalue weighted by Gasteiger charge is -2.10. The van der Waals surface area contributed by atoms with E-state index in [4.69, 9.17) is 38.8 Å². The lowest BCUT2D eigenvalue weighted by molar-refractivity contribution is -0.127. The second kappa shape index (κ2) is 7.18. The van der Waals surface area contributed by atoms with Crippen LogP contribution in [0.3, 0.4) is 0 Å². The fourth-order valence-electron chi connectivity index (χ4n) is 1.08. The van der Waals surface area contributed by atoms with E-state index >= 15 is 0 Å². The number of amides is 2. The van der Waals surface area contributed by atoms with Crippen LogP contribution >= 0.6 is 23.2 Å². The molecule has 0 fully saturated rings. The number of rotatable bonds is 6. The first kappa shape index (κ1) is 15.6. The van der Waals surface area contributed by atoms with E-state index in [0.29, 0.717) is 15.8 Å². The molecule has 0 radical (unpaired) electrons. The number of carbonyl (C=O) groups is 2. The highest BCUT2D eigenvalue weighted by Crippen LogP contribution is 2.26. The quantitative estimate of drug-likeness (QED) is 0.705. The molecular formula is C11H12Cl2N2O4. The van der Waals surface area contributed by atoms with Gasteiger partial charge in [-0.05, 0) is 12.1 Å². The van der Waals surface area contributed by atoms with Gasteiger partial charge in [-0.2, -0.15) is 0 Å². The van der Waals surface area contributed by atoms with Crippen molar-refractivity contribution in [2.45, 2.75) is 6.10 Å². The van der Waals surface area contributed by atoms with E-state index in [1.54, 1.807) is 6.07 Å². The number of ether oxygens (including phenoxy) is 1. The van der Waals surface area contributed by atoms with Gasteiger partial charge in [0.1, 0.15) is 11.9 Å². The summed E-state index contributed by atoms with van der Waals surface area (Å²) in [5.41, 5.74) is 4.82. The second-order valence-corrected chi connectivity index (χ2v) is 4.40. The molecule has 0 heterocycles. The number of primary amides is 1. The highest BCUT2D eigenvalue weighted by molar-refractivity contribution is 6.42. The number of hydrogen-bond donors (Lipinski definition) is 3. The van der Waals surface area contributed by atoms with Crippen LogP contribution < -0.4 is 15.8 Å². The first-order chi connectivity index (χ1) is 8.90. The average Bonchev–Trinajstić information content (AvgIpc) is 2.37. The fraction of sp³-hybridized carbons (Fsp3) is 0.273. The van der Waals surface area contributed by atoms with Crippen LogP contribution in [0.1, 0.15) is 0 Å². The number of aliphatic hydroxyl groups is 1. The van der Waals surface area contributed by atoms with E-state index in [2.05, 4.69) is 5.32 Å². The zero-order chi connectivity index (χ0) is 14.4. The Balaban J connectivity index is 2.37. The highest BCUT2D eigenvalue weighted by Gasteiger charge is 2.12. The minimum atomic E-state index is -1.42. The number of aliphatic hydroxyl groups excluding tert-OH is 1. The van der Waals surface area contributed by atoms with Crippen LogP contribution in [0.5, 0.6) is 5.75 Å². The summed E-state index contributed by atoms with van der Waals surface area (Å²) in [4.78, 5) is 21.9. The Kier molecular flexibility index (Phi) is 5.88. The van der Waals surface area contributed by atoms with Crippen molar-refractivity contribution in [2.24, 2.45) is 5.73 Å². The van der Waals surface area contributed by atoms with Crippen molar-refractivity contribution in [2.75, 3.05) is 13.2 Å². The molecule has 0 aliphatic rings. The Bertz CT molecular complexity index is 482. The van der Waals surface area contributed by atoms with Crippen LogP contribution in [0.4, 0.5) is 0 Å². The van der Waals surface area contributed by atoms with Crippen LogP contribution in [-0.4, -0.2) is 36.2 Å². The van der Waals surface area contributed by atoms with Gasteiger partial charge in [-0.25, -0.2) is 0 Å². The molecule has 1 aromatic rings. The summed E-state index contributed by atoms with van der Waals surface area (Å²) in [6.45, 7) is -0.553. The molecular weight excluding hydrogens is 295 g/mol. The number of hydrogen-bond acceptors (Lipinski definition) is 4. The average molecular weight is 307 g/mol. The molecule has 0 saturated heterocycles. The van der Waals surface area contributed by atoms with E-state index in [0.717, 1.165) is 0 Å². The van der Waals surface area contributed by atoms with Gasteiger partial charge >= 0.3 is 0 Å². The Labute approximate surface area is 119 Å². The zero-order valence-electron chi connectivity index (χ0n) is 9.73. The van der Waals surface area contributed by atoms with Gasteiger partial charge in [-0.15, -0.1) is 0 Å². The van der Waals surface area contributed by atoms with E-state index in [9.17, 15) is 9.59 Å². The van der Waals surface area contributed by atoms with E-state index in [1.165, 1.54) is 12.1 Å². The van der Waals surface area contributed by atoms with Crippen molar-refractivity contribution < 1.29 is 19.4 Å². The number of carbonyl (C=O) groups excluding carboxylic acids is 2. The molecule has 8 heteroatoms. The van der Waals surface area contributed by atoms with Gasteiger partial charge in [-0.1, -0.05) is 23.2 Å². The molecule has 4 N–H and O–H groups in total. The monoisotopic (exact) mass is 306 g/mol. The third kappa shape index (κ3) is 5.34. The minimum absolute atomic E-state index is 0.265. The third-order valence-corrected chi connectivity index (χ3v) is 2.82. The van der Waals surface area contributed by atoms with Crippen molar-refractivity contribution in [3.8, 4) is 5.75 Å². The molecule has 0 saturated carbocycles. The summed E-state index contributed by atoms with van der Waals surface area (Å²) >= 11 is 11.5. The van der Waals surface area contributed by atoms with E-state index in [-0.39, 0.29) is 13.2 Å². The van der Waals surface area contributed by atoms with Crippen molar-refractivity contribution in [1.29, 1.82) is 0 Å². The maximum absolute atomic E-state index is 11.3. The van der Waals surface area contributed by atoms with Crippen molar-refractivity contribution >= 4 is 35.0 Å². The Hall–Kier alpha value is -1.50. The van der Waals surface area contributed by atoms with E-state index < -0.39 is 17.9 Å². The normalized spacial score (nSPS) is 11.7. The zero-order valence-corrected chi connectivity index (χ0v) is 11.2. The predicted molar refractivity (Wildman–Crippen MR) is 70.2 cm³/mol. The standard InChI is InChI=1S/C11H12Cl2N2O4/c12-7-2-1-6(3-8(7)13)19-5-10(17)15-4-9(16)11(14)18/h1-3,9,16H,4-5H2,(H2,14,18)(H,15,17). The summed E-state index contributed by atoms with van der Waals surface area (Å²) in [6, 6.07) is 4.56. The number of halogens is 2. The van der Waals surface area contributed by atoms with Gasteiger partial charge in [0.2, 0.25) is 5.91 Å². The molecule has 6 nitrogen and oxygen atoms in total. The molecule has 104 valence electrons. The van der Waals surface area contributed by atoms with Crippen LogP contribution in [0.25, 0.3) is 0 Å². The summed E-state index contributed by atoms with van der Waals surface area (Å²) in [5, 5.41) is 12.0. The Morgan fingerprint density at radius 3 is 2.63 bits per heavy atom. The molecule has 0 aliphatic carbocycles. The molecule has 1 unspecified atom stereocenters. The molecule has 1 aromatic carbocycles. The van der Waals surface area contributed by atoms with Crippen LogP contribution in [0, 0.1) is 0 Å². The van der Waals surface area contributed by atoms with Crippen molar-refractivity contribution in [3.63, 3.8) is 0 Å². The summed E-state index contributed by atoms with van der Waals surface area (Å²) < 4.78 is 5.14. The number of nitrogens with two attached hydrogens (primary N) is 1. The largest absolute Gasteiger partial charge is 0.484 e. The van der Waals surface area contributed by atoms with Gasteiger partial charge in [-0.3, -0.25) is 9.59 Å². The molecule has 19 heavy (non-hydrogen) atoms. The maximum atomic E-state index is 11.3. The smallest absolute Gasteiger partial charge is 0.258 e. The summed E-state index contributed by atoms with van der Waals surface area (Å²) in [7, 11) is 0. The fourth-order valence-corrected chi connectivity index (χ4v) is 1.37. The van der Waals surface area contributed by atoms with Gasteiger partial charge in [0, 0.05) is 6.07 Å². The van der Waals surface area contributed by atoms with Crippen molar-refractivity contribution in [1.82, 2.24) is 5.32 Å². The Morgan fingerprint density at radius 1 is 1.37 bits per heavy atom. The van der Waals surface area contributed by atoms with Crippen molar-refractivity contribution in [3.05, 3.63) is 28.2 Å². The minimum Gasteiger partial charge on any atom is -0.484 e. The first-order valence-electron chi connectivity index (χ1n) is 5.22. The van der Waals surface area contributed by atoms with Gasteiger partial charge in [0.15, 0.2) is 6.61 Å². The van der Waals surface area contributed by atoms with Crippen LogP contribution in [0.15, 0.2) is 18.2 Å². The lowest BCUT2D eigenvalue weighted by atomic mass is 10.3. The molecule has 2 amide bonds. The summed E-state index contributed by atoms with van der Waals surface area (Å²) in [5.74, 6) is -1.04. The molecule has 0 aliphatic heterocycles. The number of nitrogens with one attached hydrogen (secondary N) is 1. The first-order valence-corrected chi connectivity index (χ1v) is 5.97. The highest BCUT2D eigenvalue weighted by atomic mass is 35.5. The van der Waals surface area contributed by atoms with Gasteiger partial charge < -0.3 is 20.9 Å². The third-order valence-electron chi connectivity index (χ3n) is 2.08. The second-order valence-electron chi connectivity index (χ2n) is 3.59. The molecule has 0 spiro atoms. The molecule has 0 bridgehead atoms. The Morgan fingerprint density at radius 2 is 2.05 bits per heavy atom. The van der Waals surface area contributed by atoms with Crippen LogP contribution in [-0.2, 0) is 9.59 Å². The molecule has 1 atom stereocenters.